The summed E-state index contributed by atoms with van der Waals surface area (Å²) in [5.74, 6) is 5.47. The van der Waals surface area contributed by atoms with Crippen LogP contribution in [0.3, 0.4) is 0 Å². The van der Waals surface area contributed by atoms with Crippen molar-refractivity contribution < 1.29 is 4.74 Å². The van der Waals surface area contributed by atoms with Crippen LogP contribution in [0.1, 0.15) is 67.5 Å². The van der Waals surface area contributed by atoms with E-state index in [1.165, 1.54) is 55.6 Å². The molecule has 0 amide bonds. The fourth-order valence-corrected chi connectivity index (χ4v) is 13.7. The number of rotatable bonds is 7. The number of fused-ring (bicyclic) bond motifs is 9. The summed E-state index contributed by atoms with van der Waals surface area (Å²) in [7, 11) is 0. The van der Waals surface area contributed by atoms with Gasteiger partial charge in [0.25, 0.3) is 0 Å². The van der Waals surface area contributed by atoms with Crippen molar-refractivity contribution in [3.8, 4) is 102 Å². The average molecular weight is 1050 g/mol. The van der Waals surface area contributed by atoms with Crippen molar-refractivity contribution in [3.63, 3.8) is 0 Å². The van der Waals surface area contributed by atoms with E-state index in [9.17, 15) is 0 Å². The van der Waals surface area contributed by atoms with E-state index >= 15 is 0 Å². The normalized spacial score (nSPS) is 15.0. The van der Waals surface area contributed by atoms with Crippen molar-refractivity contribution in [1.29, 1.82) is 0 Å². The molecule has 2 aromatic heterocycles. The average Bonchev–Trinajstić information content (AvgIpc) is 3.28. The molecule has 382 valence electrons. The fraction of sp³-hybridized carbons (Fsp3) is 0.0400. The molecule has 7 heteroatoms. The lowest BCUT2D eigenvalue weighted by Gasteiger charge is -2.42. The summed E-state index contributed by atoms with van der Waals surface area (Å²) in [6.45, 7) is 0. The summed E-state index contributed by atoms with van der Waals surface area (Å²) in [5.41, 5.74) is 22.1. The number of nitrogens with zero attached hydrogens (tertiary/aromatic N) is 6. The minimum atomic E-state index is -0.574. The zero-order chi connectivity index (χ0) is 53.9. The van der Waals surface area contributed by atoms with E-state index in [1.54, 1.807) is 0 Å². The number of benzene rings is 11. The Balaban J connectivity index is 0.771. The quantitative estimate of drug-likeness (QED) is 0.157. The van der Waals surface area contributed by atoms with Crippen molar-refractivity contribution in [2.75, 3.05) is 0 Å². The topological polar surface area (TPSA) is 86.6 Å². The lowest BCUT2D eigenvalue weighted by molar-refractivity contribution is 0.436. The smallest absolute Gasteiger partial charge is 0.164 e. The van der Waals surface area contributed by atoms with Crippen LogP contribution in [0.15, 0.2) is 267 Å². The van der Waals surface area contributed by atoms with Crippen molar-refractivity contribution in [2.24, 2.45) is 0 Å². The molecule has 13 aromatic rings. The van der Waals surface area contributed by atoms with E-state index in [-0.39, 0.29) is 11.8 Å². The van der Waals surface area contributed by atoms with Crippen LogP contribution in [0.25, 0.3) is 90.6 Å². The Morgan fingerprint density at radius 3 is 1.10 bits per heavy atom. The summed E-state index contributed by atoms with van der Waals surface area (Å²) in [6.07, 6.45) is 0. The van der Waals surface area contributed by atoms with E-state index in [1.807, 2.05) is 54.6 Å². The molecule has 4 aliphatic carbocycles. The minimum Gasteiger partial charge on any atom is -0.457 e. The van der Waals surface area contributed by atoms with Gasteiger partial charge in [0.05, 0.1) is 5.41 Å². The van der Waals surface area contributed by atoms with E-state index < -0.39 is 5.41 Å². The van der Waals surface area contributed by atoms with Crippen molar-refractivity contribution in [2.45, 2.75) is 17.3 Å². The van der Waals surface area contributed by atoms with Gasteiger partial charge >= 0.3 is 0 Å². The predicted molar refractivity (Wildman–Crippen MR) is 323 cm³/mol. The van der Waals surface area contributed by atoms with E-state index in [0.717, 1.165) is 67.1 Å². The molecule has 0 N–H and O–H groups in total. The van der Waals surface area contributed by atoms with Crippen LogP contribution < -0.4 is 4.74 Å². The molecule has 2 bridgehead atoms. The van der Waals surface area contributed by atoms with E-state index in [2.05, 4.69) is 212 Å². The van der Waals surface area contributed by atoms with E-state index in [4.69, 9.17) is 34.6 Å². The monoisotopic (exact) mass is 1050 g/mol. The number of para-hydroxylation sites is 1. The molecule has 7 nitrogen and oxygen atoms in total. The van der Waals surface area contributed by atoms with Crippen LogP contribution in [0, 0.1) is 0 Å². The third-order valence-electron chi connectivity index (χ3n) is 17.2. The van der Waals surface area contributed by atoms with E-state index in [0.29, 0.717) is 34.9 Å². The second-order valence-electron chi connectivity index (χ2n) is 21.6. The van der Waals surface area contributed by atoms with Crippen LogP contribution in [-0.4, -0.2) is 29.9 Å². The number of hydrogen-bond acceptors (Lipinski definition) is 7. The van der Waals surface area contributed by atoms with Gasteiger partial charge in [-0.1, -0.05) is 231 Å². The highest BCUT2D eigenvalue weighted by atomic mass is 16.5. The maximum absolute atomic E-state index is 6.79. The second kappa shape index (κ2) is 18.1. The summed E-state index contributed by atoms with van der Waals surface area (Å²) in [5, 5.41) is 0. The highest BCUT2D eigenvalue weighted by Crippen LogP contribution is 2.63. The highest BCUT2D eigenvalue weighted by Gasteiger charge is 2.51. The lowest BCUT2D eigenvalue weighted by Crippen LogP contribution is -2.32. The SMILES string of the molecule is c1ccc(-c2nc(-c3ccccc3)nc(-c3ccc4c(c3)C3c5ccccc5C4c4cc(-c5nc(-c6ccccc6)nc(-c6cccc(-c7ccc8c(c7)C7(c9ccccc9O8)c8ccccc8-c8ccccc87)c6)n5)ccc43)n2)cc1. The zero-order valence-corrected chi connectivity index (χ0v) is 44.1. The van der Waals surface area contributed by atoms with Gasteiger partial charge in [0, 0.05) is 56.3 Å². The summed E-state index contributed by atoms with van der Waals surface area (Å²) >= 11 is 0. The molecule has 18 rings (SSSR count). The summed E-state index contributed by atoms with van der Waals surface area (Å²) < 4.78 is 6.79. The molecule has 0 fully saturated rings. The molecule has 2 unspecified atom stereocenters. The second-order valence-corrected chi connectivity index (χ2v) is 21.6. The Kier molecular flexibility index (Phi) is 10.2. The first-order chi connectivity index (χ1) is 40.6. The molecule has 0 saturated carbocycles. The molecule has 0 radical (unpaired) electrons. The maximum atomic E-state index is 6.79. The standard InChI is InChI=1S/C75H46N6O/c1-4-19-45(20-5-1)69-76-70(46-21-6-2-7-22-46)79-73(78-69)51-35-38-57-59(42-51)67-55-29-10-11-30-56(55)68(57)60-43-52(36-39-58(60)67)74-80-71(47-23-8-3-9-24-47)77-72(81-74)50-26-18-25-48(41-50)49-37-40-66-64(44-49)75(63-33-16-17-34-65(63)82-66)61-31-14-12-27-53(61)54-28-13-15-32-62(54)75/h1-44,67-68H. The van der Waals surface area contributed by atoms with Gasteiger partial charge in [0.15, 0.2) is 34.9 Å². The maximum Gasteiger partial charge on any atom is 0.164 e. The van der Waals surface area contributed by atoms with Crippen molar-refractivity contribution >= 4 is 0 Å². The van der Waals surface area contributed by atoms with Crippen LogP contribution in [0.2, 0.25) is 0 Å². The lowest BCUT2D eigenvalue weighted by atomic mass is 9.61. The first-order valence-corrected chi connectivity index (χ1v) is 27.9. The van der Waals surface area contributed by atoms with Crippen LogP contribution >= 0.6 is 0 Å². The molecule has 1 spiro atoms. The van der Waals surface area contributed by atoms with Crippen molar-refractivity contribution in [3.05, 3.63) is 323 Å². The van der Waals surface area contributed by atoms with Gasteiger partial charge in [0.1, 0.15) is 11.5 Å². The molecular formula is C75H46N6O. The van der Waals surface area contributed by atoms with Gasteiger partial charge in [-0.2, -0.15) is 0 Å². The number of aromatic nitrogens is 6. The van der Waals surface area contributed by atoms with Gasteiger partial charge < -0.3 is 4.74 Å². The molecular weight excluding hydrogens is 1000 g/mol. The number of hydrogen-bond donors (Lipinski definition) is 0. The first kappa shape index (κ1) is 46.2. The molecule has 82 heavy (non-hydrogen) atoms. The predicted octanol–water partition coefficient (Wildman–Crippen LogP) is 17.2. The Morgan fingerprint density at radius 1 is 0.232 bits per heavy atom. The molecule has 1 aliphatic heterocycles. The number of ether oxygens (including phenoxy) is 1. The van der Waals surface area contributed by atoms with Crippen LogP contribution in [0.5, 0.6) is 11.5 Å². The van der Waals surface area contributed by atoms with Gasteiger partial charge in [-0.25, -0.2) is 29.9 Å². The molecule has 2 atom stereocenters. The molecule has 11 aromatic carbocycles. The Morgan fingerprint density at radius 2 is 0.585 bits per heavy atom. The van der Waals surface area contributed by atoms with Gasteiger partial charge in [-0.15, -0.1) is 0 Å². The van der Waals surface area contributed by atoms with Gasteiger partial charge in [0.2, 0.25) is 0 Å². The molecule has 0 saturated heterocycles. The minimum absolute atomic E-state index is 0.00120. The highest BCUT2D eigenvalue weighted by molar-refractivity contribution is 5.89. The Bertz CT molecular complexity index is 4650. The molecule has 5 aliphatic rings. The Hall–Kier alpha value is -10.8. The summed E-state index contributed by atoms with van der Waals surface area (Å²) in [4.78, 5) is 31.1. The van der Waals surface area contributed by atoms with Gasteiger partial charge in [-0.05, 0) is 103 Å². The first-order valence-electron chi connectivity index (χ1n) is 27.9. The third-order valence-corrected chi connectivity index (χ3v) is 17.2. The fourth-order valence-electron chi connectivity index (χ4n) is 13.7. The van der Waals surface area contributed by atoms with Crippen LogP contribution in [-0.2, 0) is 5.41 Å². The Labute approximate surface area is 474 Å². The zero-order valence-electron chi connectivity index (χ0n) is 44.1. The van der Waals surface area contributed by atoms with Gasteiger partial charge in [-0.3, -0.25) is 0 Å². The van der Waals surface area contributed by atoms with Crippen molar-refractivity contribution in [1.82, 2.24) is 29.9 Å². The summed E-state index contributed by atoms with van der Waals surface area (Å²) in [6, 6.07) is 94.6. The molecule has 3 heterocycles. The van der Waals surface area contributed by atoms with Crippen LogP contribution in [0.4, 0.5) is 0 Å². The third kappa shape index (κ3) is 7.02. The largest absolute Gasteiger partial charge is 0.457 e.